The SMILES string of the molecule is CC(=O)O.CCCCCCCC(=O)O.CCCCCCCC(=O)O. The van der Waals surface area contributed by atoms with E-state index in [0.29, 0.717) is 12.8 Å². The average molecular weight is 348 g/mol. The highest BCUT2D eigenvalue weighted by Gasteiger charge is 1.95. The monoisotopic (exact) mass is 348 g/mol. The van der Waals surface area contributed by atoms with Crippen LogP contribution in [0.3, 0.4) is 0 Å². The summed E-state index contributed by atoms with van der Waals surface area (Å²) in [7, 11) is 0. The largest absolute Gasteiger partial charge is 0.481 e. The van der Waals surface area contributed by atoms with Crippen LogP contribution in [0.15, 0.2) is 0 Å². The third-order valence-electron chi connectivity index (χ3n) is 2.99. The van der Waals surface area contributed by atoms with Gasteiger partial charge in [-0.3, -0.25) is 14.4 Å². The van der Waals surface area contributed by atoms with Crippen LogP contribution >= 0.6 is 0 Å². The molecule has 0 aromatic heterocycles. The van der Waals surface area contributed by atoms with E-state index in [4.69, 9.17) is 20.1 Å². The summed E-state index contributed by atoms with van der Waals surface area (Å²) in [6, 6.07) is 0. The van der Waals surface area contributed by atoms with E-state index in [1.807, 2.05) is 0 Å². The van der Waals surface area contributed by atoms with Gasteiger partial charge in [0.25, 0.3) is 5.97 Å². The van der Waals surface area contributed by atoms with Crippen LogP contribution in [0.25, 0.3) is 0 Å². The van der Waals surface area contributed by atoms with Crippen molar-refractivity contribution < 1.29 is 29.7 Å². The summed E-state index contributed by atoms with van der Waals surface area (Å²) in [5.41, 5.74) is 0. The second kappa shape index (κ2) is 23.7. The molecule has 0 aliphatic rings. The van der Waals surface area contributed by atoms with E-state index in [1.165, 1.54) is 38.5 Å². The molecular weight excluding hydrogens is 312 g/mol. The fraction of sp³-hybridized carbons (Fsp3) is 0.833. The molecule has 6 nitrogen and oxygen atoms in total. The summed E-state index contributed by atoms with van der Waals surface area (Å²) in [5, 5.41) is 24.0. The van der Waals surface area contributed by atoms with E-state index in [-0.39, 0.29) is 0 Å². The zero-order valence-electron chi connectivity index (χ0n) is 15.6. The maximum atomic E-state index is 10.0. The zero-order chi connectivity index (χ0) is 19.2. The van der Waals surface area contributed by atoms with Gasteiger partial charge in [0.2, 0.25) is 0 Å². The minimum atomic E-state index is -0.833. The minimum Gasteiger partial charge on any atom is -0.481 e. The van der Waals surface area contributed by atoms with Crippen LogP contribution in [-0.2, 0) is 14.4 Å². The lowest BCUT2D eigenvalue weighted by Crippen LogP contribution is -1.93. The van der Waals surface area contributed by atoms with E-state index in [0.717, 1.165) is 32.6 Å². The molecule has 0 aliphatic heterocycles. The van der Waals surface area contributed by atoms with Crippen LogP contribution in [0.5, 0.6) is 0 Å². The molecule has 0 spiro atoms. The topological polar surface area (TPSA) is 112 Å². The van der Waals surface area contributed by atoms with Crippen molar-refractivity contribution in [2.75, 3.05) is 0 Å². The van der Waals surface area contributed by atoms with Crippen LogP contribution < -0.4 is 0 Å². The lowest BCUT2D eigenvalue weighted by molar-refractivity contribution is -0.138. The third kappa shape index (κ3) is 49.9. The van der Waals surface area contributed by atoms with Gasteiger partial charge in [0.05, 0.1) is 0 Å². The van der Waals surface area contributed by atoms with Gasteiger partial charge in [0, 0.05) is 19.8 Å². The first-order chi connectivity index (χ1) is 11.3. The molecule has 24 heavy (non-hydrogen) atoms. The maximum Gasteiger partial charge on any atom is 0.303 e. The van der Waals surface area contributed by atoms with Gasteiger partial charge >= 0.3 is 11.9 Å². The van der Waals surface area contributed by atoms with Crippen molar-refractivity contribution in [2.24, 2.45) is 0 Å². The van der Waals surface area contributed by atoms with Crippen molar-refractivity contribution in [1.29, 1.82) is 0 Å². The fourth-order valence-corrected chi connectivity index (χ4v) is 1.76. The first-order valence-corrected chi connectivity index (χ1v) is 8.90. The Hall–Kier alpha value is -1.59. The molecule has 0 bridgehead atoms. The molecule has 0 fully saturated rings. The number of hydrogen-bond donors (Lipinski definition) is 3. The molecule has 0 aromatic carbocycles. The maximum absolute atomic E-state index is 10.0. The summed E-state index contributed by atoms with van der Waals surface area (Å²) in [6.07, 6.45) is 11.8. The average Bonchev–Trinajstić information content (AvgIpc) is 2.46. The summed E-state index contributed by atoms with van der Waals surface area (Å²) in [6.45, 7) is 5.38. The van der Waals surface area contributed by atoms with Gasteiger partial charge in [0.1, 0.15) is 0 Å². The van der Waals surface area contributed by atoms with Crippen LogP contribution in [0.1, 0.15) is 97.8 Å². The molecule has 0 amide bonds. The molecular formula is C18H36O6. The highest BCUT2D eigenvalue weighted by Crippen LogP contribution is 2.04. The van der Waals surface area contributed by atoms with Crippen molar-refractivity contribution in [3.05, 3.63) is 0 Å². The summed E-state index contributed by atoms with van der Waals surface area (Å²) in [5.74, 6) is -2.17. The molecule has 0 saturated carbocycles. The minimum absolute atomic E-state index is 0.337. The first-order valence-electron chi connectivity index (χ1n) is 8.90. The highest BCUT2D eigenvalue weighted by molar-refractivity contribution is 5.66. The Morgan fingerprint density at radius 3 is 1.04 bits per heavy atom. The number of hydrogen-bond acceptors (Lipinski definition) is 3. The van der Waals surface area contributed by atoms with Crippen LogP contribution in [0, 0.1) is 0 Å². The Balaban J connectivity index is -0.000000301. The molecule has 0 saturated heterocycles. The van der Waals surface area contributed by atoms with E-state index >= 15 is 0 Å². The van der Waals surface area contributed by atoms with Gasteiger partial charge in [-0.15, -0.1) is 0 Å². The molecule has 0 rings (SSSR count). The molecule has 0 radical (unpaired) electrons. The Morgan fingerprint density at radius 2 is 0.833 bits per heavy atom. The number of carboxylic acid groups (broad SMARTS) is 3. The van der Waals surface area contributed by atoms with Crippen molar-refractivity contribution in [1.82, 2.24) is 0 Å². The predicted molar refractivity (Wildman–Crippen MR) is 95.3 cm³/mol. The Bertz CT molecular complexity index is 274. The molecule has 144 valence electrons. The van der Waals surface area contributed by atoms with Crippen molar-refractivity contribution in [2.45, 2.75) is 97.8 Å². The number of carbonyl (C=O) groups is 3. The molecule has 0 atom stereocenters. The fourth-order valence-electron chi connectivity index (χ4n) is 1.76. The van der Waals surface area contributed by atoms with Crippen LogP contribution in [-0.4, -0.2) is 33.2 Å². The van der Waals surface area contributed by atoms with E-state index in [2.05, 4.69) is 13.8 Å². The Morgan fingerprint density at radius 1 is 0.583 bits per heavy atom. The van der Waals surface area contributed by atoms with Crippen molar-refractivity contribution in [3.63, 3.8) is 0 Å². The summed E-state index contributed by atoms with van der Waals surface area (Å²) >= 11 is 0. The van der Waals surface area contributed by atoms with Gasteiger partial charge in [-0.2, -0.15) is 0 Å². The Kier molecular flexibility index (Phi) is 26.9. The number of rotatable bonds is 12. The second-order valence-electron chi connectivity index (χ2n) is 5.63. The van der Waals surface area contributed by atoms with Gasteiger partial charge < -0.3 is 15.3 Å². The molecule has 3 N–H and O–H groups in total. The van der Waals surface area contributed by atoms with Crippen LogP contribution in [0.2, 0.25) is 0 Å². The van der Waals surface area contributed by atoms with Gasteiger partial charge in [-0.05, 0) is 12.8 Å². The van der Waals surface area contributed by atoms with Gasteiger partial charge in [-0.25, -0.2) is 0 Å². The lowest BCUT2D eigenvalue weighted by atomic mass is 10.1. The highest BCUT2D eigenvalue weighted by atomic mass is 16.4. The predicted octanol–water partition coefficient (Wildman–Crippen LogP) is 4.95. The van der Waals surface area contributed by atoms with Crippen LogP contribution in [0.4, 0.5) is 0 Å². The van der Waals surface area contributed by atoms with Gasteiger partial charge in [-0.1, -0.05) is 65.2 Å². The lowest BCUT2D eigenvalue weighted by Gasteiger charge is -1.95. The molecule has 0 aliphatic carbocycles. The van der Waals surface area contributed by atoms with E-state index < -0.39 is 17.9 Å². The quantitative estimate of drug-likeness (QED) is 0.430. The summed E-state index contributed by atoms with van der Waals surface area (Å²) in [4.78, 5) is 29.1. The smallest absolute Gasteiger partial charge is 0.303 e. The van der Waals surface area contributed by atoms with E-state index in [9.17, 15) is 9.59 Å². The summed E-state index contributed by atoms with van der Waals surface area (Å²) < 4.78 is 0. The Labute approximate surface area is 146 Å². The second-order valence-corrected chi connectivity index (χ2v) is 5.63. The normalized spacial score (nSPS) is 9.12. The van der Waals surface area contributed by atoms with Crippen molar-refractivity contribution in [3.8, 4) is 0 Å². The third-order valence-corrected chi connectivity index (χ3v) is 2.99. The van der Waals surface area contributed by atoms with Crippen molar-refractivity contribution >= 4 is 17.9 Å². The molecule has 0 aromatic rings. The standard InChI is InChI=1S/2C8H16O2.C2H4O2/c2*1-2-3-4-5-6-7-8(9)10;1-2(3)4/h2*2-7H2,1H3,(H,9,10);1H3,(H,3,4). The zero-order valence-corrected chi connectivity index (χ0v) is 15.6. The molecule has 6 heteroatoms. The number of aliphatic carboxylic acids is 3. The van der Waals surface area contributed by atoms with Gasteiger partial charge in [0.15, 0.2) is 0 Å². The molecule has 0 unspecified atom stereocenters. The number of unbranched alkanes of at least 4 members (excludes halogenated alkanes) is 8. The van der Waals surface area contributed by atoms with E-state index in [1.54, 1.807) is 0 Å². The molecule has 0 heterocycles. The first kappa shape index (κ1) is 27.3. The number of carboxylic acids is 3.